The monoisotopic (exact) mass is 243 g/mol. The Kier molecular flexibility index (Phi) is 5.90. The van der Waals surface area contributed by atoms with Crippen LogP contribution in [0, 0.1) is 10.8 Å². The van der Waals surface area contributed by atoms with Gasteiger partial charge >= 0.3 is 16.8 Å². The van der Waals surface area contributed by atoms with E-state index in [9.17, 15) is 9.59 Å². The van der Waals surface area contributed by atoms with Crippen LogP contribution < -0.4 is 0 Å². The smallest absolute Gasteiger partial charge is 0.299 e. The van der Waals surface area contributed by atoms with Crippen LogP contribution in [0.1, 0.15) is 48.0 Å². The van der Waals surface area contributed by atoms with E-state index in [0.29, 0.717) is 0 Å². The first-order valence-corrected chi connectivity index (χ1v) is 4.62. The fourth-order valence-electron chi connectivity index (χ4n) is 0.676. The molecule has 0 rings (SSSR count). The Morgan fingerprint density at radius 2 is 1.00 bits per heavy atom. The average Bonchev–Trinajstić information content (AvgIpc) is 1.82. The summed E-state index contributed by atoms with van der Waals surface area (Å²) in [5.41, 5.74) is -0.804. The zero-order valence-corrected chi connectivity index (χ0v) is 10.9. The van der Waals surface area contributed by atoms with Gasteiger partial charge in [-0.3, -0.25) is 9.59 Å². The molecule has 0 unspecified atom stereocenters. The van der Waals surface area contributed by atoms with Gasteiger partial charge in [-0.15, -0.1) is 0 Å². The molecule has 0 aliphatic rings. The molecular formula is C11H20CoO2+2. The van der Waals surface area contributed by atoms with Crippen LogP contribution in [0.15, 0.2) is 0 Å². The first-order valence-electron chi connectivity index (χ1n) is 4.62. The van der Waals surface area contributed by atoms with Crippen LogP contribution in [0.25, 0.3) is 0 Å². The summed E-state index contributed by atoms with van der Waals surface area (Å²) in [6, 6.07) is 0. The number of rotatable bonds is 2. The quantitative estimate of drug-likeness (QED) is 0.698. The van der Waals surface area contributed by atoms with E-state index in [1.54, 1.807) is 0 Å². The minimum atomic E-state index is -0.402. The molecule has 1 radical (unpaired) electrons. The van der Waals surface area contributed by atoms with Crippen molar-refractivity contribution in [3.8, 4) is 0 Å². The number of ketones is 2. The van der Waals surface area contributed by atoms with Crippen LogP contribution in [-0.2, 0) is 26.4 Å². The predicted octanol–water partition coefficient (Wildman–Crippen LogP) is 2.60. The van der Waals surface area contributed by atoms with Crippen molar-refractivity contribution < 1.29 is 26.4 Å². The molecule has 0 spiro atoms. The third-order valence-corrected chi connectivity index (χ3v) is 1.99. The van der Waals surface area contributed by atoms with Crippen LogP contribution in [0.5, 0.6) is 0 Å². The summed E-state index contributed by atoms with van der Waals surface area (Å²) < 4.78 is 0. The third-order valence-electron chi connectivity index (χ3n) is 1.99. The molecule has 0 aromatic rings. The van der Waals surface area contributed by atoms with E-state index in [1.807, 2.05) is 41.5 Å². The Balaban J connectivity index is 0. The molecule has 0 saturated heterocycles. The molecule has 0 aromatic carbocycles. The van der Waals surface area contributed by atoms with Gasteiger partial charge in [-0.05, 0) is 0 Å². The maximum Gasteiger partial charge on any atom is 2.00 e. The molecule has 0 saturated carbocycles. The predicted molar refractivity (Wildman–Crippen MR) is 53.5 cm³/mol. The second-order valence-corrected chi connectivity index (χ2v) is 5.52. The van der Waals surface area contributed by atoms with Crippen LogP contribution in [0.2, 0.25) is 0 Å². The van der Waals surface area contributed by atoms with Gasteiger partial charge in [0.05, 0.1) is 6.42 Å². The van der Waals surface area contributed by atoms with Gasteiger partial charge in [-0.25, -0.2) is 0 Å². The third kappa shape index (κ3) is 5.55. The van der Waals surface area contributed by atoms with E-state index in [0.717, 1.165) is 0 Å². The summed E-state index contributed by atoms with van der Waals surface area (Å²) in [4.78, 5) is 23.0. The molecule has 0 N–H and O–H groups in total. The van der Waals surface area contributed by atoms with Crippen LogP contribution in [0.4, 0.5) is 0 Å². The van der Waals surface area contributed by atoms with Crippen LogP contribution in [-0.4, -0.2) is 11.6 Å². The molecule has 0 aromatic heterocycles. The number of carbonyl (C=O) groups excluding carboxylic acids is 2. The largest absolute Gasteiger partial charge is 2.00 e. The van der Waals surface area contributed by atoms with Gasteiger partial charge in [0.1, 0.15) is 11.6 Å². The summed E-state index contributed by atoms with van der Waals surface area (Å²) in [7, 11) is 0. The molecule has 0 amide bonds. The van der Waals surface area contributed by atoms with Crippen molar-refractivity contribution in [3.05, 3.63) is 0 Å². The second-order valence-electron chi connectivity index (χ2n) is 5.52. The van der Waals surface area contributed by atoms with E-state index in [-0.39, 0.29) is 34.8 Å². The summed E-state index contributed by atoms with van der Waals surface area (Å²) in [6.07, 6.45) is 0.0625. The minimum absolute atomic E-state index is 0. The Labute approximate surface area is 97.0 Å². The van der Waals surface area contributed by atoms with Crippen molar-refractivity contribution >= 4 is 11.6 Å². The fourth-order valence-corrected chi connectivity index (χ4v) is 0.676. The van der Waals surface area contributed by atoms with E-state index in [4.69, 9.17) is 0 Å². The van der Waals surface area contributed by atoms with Gasteiger partial charge in [0.25, 0.3) is 0 Å². The number of hydrogen-bond donors (Lipinski definition) is 0. The van der Waals surface area contributed by atoms with Gasteiger partial charge in [0, 0.05) is 10.8 Å². The van der Waals surface area contributed by atoms with Gasteiger partial charge in [-0.1, -0.05) is 41.5 Å². The van der Waals surface area contributed by atoms with Crippen molar-refractivity contribution in [2.45, 2.75) is 48.0 Å². The molecule has 0 aliphatic heterocycles. The van der Waals surface area contributed by atoms with Crippen molar-refractivity contribution in [1.82, 2.24) is 0 Å². The summed E-state index contributed by atoms with van der Waals surface area (Å²) in [6.45, 7) is 11.0. The van der Waals surface area contributed by atoms with Gasteiger partial charge in [-0.2, -0.15) is 0 Å². The second kappa shape index (κ2) is 5.08. The molecule has 83 valence electrons. The Hall–Kier alpha value is -0.154. The molecule has 3 heteroatoms. The average molecular weight is 243 g/mol. The normalized spacial score (nSPS) is 11.9. The molecule has 2 nitrogen and oxygen atoms in total. The minimum Gasteiger partial charge on any atom is -0.299 e. The first-order chi connectivity index (χ1) is 5.55. The maximum absolute atomic E-state index is 11.5. The zero-order chi connectivity index (χ0) is 10.9. The Morgan fingerprint density at radius 1 is 0.786 bits per heavy atom. The summed E-state index contributed by atoms with van der Waals surface area (Å²) in [5, 5.41) is 0. The molecular weight excluding hydrogens is 223 g/mol. The molecule has 14 heavy (non-hydrogen) atoms. The van der Waals surface area contributed by atoms with Crippen molar-refractivity contribution in [2.24, 2.45) is 10.8 Å². The number of hydrogen-bond acceptors (Lipinski definition) is 2. The van der Waals surface area contributed by atoms with Gasteiger partial charge < -0.3 is 0 Å². The van der Waals surface area contributed by atoms with E-state index in [1.165, 1.54) is 0 Å². The van der Waals surface area contributed by atoms with E-state index in [2.05, 4.69) is 0 Å². The molecule has 0 bridgehead atoms. The topological polar surface area (TPSA) is 34.1 Å². The van der Waals surface area contributed by atoms with Crippen molar-refractivity contribution in [2.75, 3.05) is 0 Å². The summed E-state index contributed by atoms with van der Waals surface area (Å²) in [5.74, 6) is 0.0415. The zero-order valence-electron chi connectivity index (χ0n) is 9.86. The van der Waals surface area contributed by atoms with Gasteiger partial charge in [0.15, 0.2) is 0 Å². The standard InChI is InChI=1S/C11H20O2.Co/c1-10(2,3)8(12)7-9(13)11(4,5)6;/h7H2,1-6H3;/q;+2. The van der Waals surface area contributed by atoms with E-state index < -0.39 is 10.8 Å². The molecule has 0 heterocycles. The molecule has 0 aliphatic carbocycles. The number of carbonyl (C=O) groups is 2. The van der Waals surface area contributed by atoms with Gasteiger partial charge in [0.2, 0.25) is 0 Å². The van der Waals surface area contributed by atoms with E-state index >= 15 is 0 Å². The number of Topliss-reactive ketones (excluding diaryl/α,β-unsaturated/α-hetero) is 2. The molecule has 0 fully saturated rings. The Bertz CT molecular complexity index is 194. The molecule has 0 atom stereocenters. The van der Waals surface area contributed by atoms with Crippen LogP contribution >= 0.6 is 0 Å². The van der Waals surface area contributed by atoms with Crippen molar-refractivity contribution in [1.29, 1.82) is 0 Å². The van der Waals surface area contributed by atoms with Crippen LogP contribution in [0.3, 0.4) is 0 Å². The van der Waals surface area contributed by atoms with Crippen molar-refractivity contribution in [3.63, 3.8) is 0 Å². The first kappa shape index (κ1) is 16.3. The fraction of sp³-hybridized carbons (Fsp3) is 0.818. The SMILES string of the molecule is CC(C)(C)C(=O)CC(=O)C(C)(C)C.[Co+2]. The maximum atomic E-state index is 11.5. The Morgan fingerprint density at radius 3 is 1.14 bits per heavy atom. The summed E-state index contributed by atoms with van der Waals surface area (Å²) >= 11 is 0.